The number of benzene rings is 1. The second-order valence-electron chi connectivity index (χ2n) is 4.24. The highest BCUT2D eigenvalue weighted by atomic mass is 16.5. The van der Waals surface area contributed by atoms with Gasteiger partial charge in [0.15, 0.2) is 5.76 Å². The molecule has 0 aliphatic rings. The van der Waals surface area contributed by atoms with Gasteiger partial charge >= 0.3 is 0 Å². The molecule has 0 unspecified atom stereocenters. The van der Waals surface area contributed by atoms with E-state index in [0.717, 1.165) is 17.8 Å². The third-order valence-corrected chi connectivity index (χ3v) is 2.70. The van der Waals surface area contributed by atoms with E-state index in [1.807, 2.05) is 32.0 Å². The number of hydrogen-bond donors (Lipinski definition) is 2. The standard InChI is InChI=1S/C14H17N3O2/c1-3-15-13-5-4-10(2)8-12(13)14(18)16-9-11-6-7-17-19-11/h4-8,15H,3,9H2,1-2H3,(H,16,18). The molecule has 0 aliphatic carbocycles. The van der Waals surface area contributed by atoms with Crippen LogP contribution in [0.5, 0.6) is 0 Å². The van der Waals surface area contributed by atoms with E-state index in [4.69, 9.17) is 4.52 Å². The Morgan fingerprint density at radius 3 is 2.89 bits per heavy atom. The number of nitrogens with one attached hydrogen (secondary N) is 2. The Hall–Kier alpha value is -2.30. The number of nitrogens with zero attached hydrogens (tertiary/aromatic N) is 1. The van der Waals surface area contributed by atoms with Crippen molar-refractivity contribution in [3.8, 4) is 0 Å². The van der Waals surface area contributed by atoms with Gasteiger partial charge in [-0.2, -0.15) is 0 Å². The van der Waals surface area contributed by atoms with E-state index >= 15 is 0 Å². The Kier molecular flexibility index (Phi) is 4.18. The van der Waals surface area contributed by atoms with Gasteiger partial charge in [0.2, 0.25) is 0 Å². The Morgan fingerprint density at radius 1 is 1.37 bits per heavy atom. The molecular formula is C14H17N3O2. The SMILES string of the molecule is CCNc1ccc(C)cc1C(=O)NCc1ccno1. The van der Waals surface area contributed by atoms with Crippen LogP contribution in [0.25, 0.3) is 0 Å². The van der Waals surface area contributed by atoms with Crippen molar-refractivity contribution >= 4 is 11.6 Å². The van der Waals surface area contributed by atoms with Crippen LogP contribution < -0.4 is 10.6 Å². The van der Waals surface area contributed by atoms with Gasteiger partial charge in [0.1, 0.15) is 0 Å². The maximum absolute atomic E-state index is 12.2. The molecule has 2 N–H and O–H groups in total. The quantitative estimate of drug-likeness (QED) is 0.865. The lowest BCUT2D eigenvalue weighted by molar-refractivity contribution is 0.0948. The summed E-state index contributed by atoms with van der Waals surface area (Å²) < 4.78 is 4.94. The first-order valence-electron chi connectivity index (χ1n) is 6.23. The molecule has 0 saturated carbocycles. The maximum atomic E-state index is 12.2. The minimum Gasteiger partial charge on any atom is -0.385 e. The molecule has 0 aliphatic heterocycles. The summed E-state index contributed by atoms with van der Waals surface area (Å²) >= 11 is 0. The molecule has 2 rings (SSSR count). The van der Waals surface area contributed by atoms with Crippen molar-refractivity contribution in [2.75, 3.05) is 11.9 Å². The number of amides is 1. The lowest BCUT2D eigenvalue weighted by Gasteiger charge is -2.11. The van der Waals surface area contributed by atoms with Crippen LogP contribution in [0.2, 0.25) is 0 Å². The highest BCUT2D eigenvalue weighted by Gasteiger charge is 2.11. The first-order chi connectivity index (χ1) is 9.20. The number of carbonyl (C=O) groups is 1. The minimum absolute atomic E-state index is 0.129. The van der Waals surface area contributed by atoms with E-state index in [2.05, 4.69) is 15.8 Å². The van der Waals surface area contributed by atoms with Gasteiger partial charge in [-0.05, 0) is 26.0 Å². The average molecular weight is 259 g/mol. The molecule has 1 heterocycles. The first-order valence-corrected chi connectivity index (χ1v) is 6.23. The molecule has 0 saturated heterocycles. The second-order valence-corrected chi connectivity index (χ2v) is 4.24. The van der Waals surface area contributed by atoms with Crippen LogP contribution in [-0.2, 0) is 6.54 Å². The van der Waals surface area contributed by atoms with Gasteiger partial charge in [0, 0.05) is 18.3 Å². The summed E-state index contributed by atoms with van der Waals surface area (Å²) in [6.45, 7) is 5.06. The number of aryl methyl sites for hydroxylation is 1. The number of aromatic nitrogens is 1. The molecule has 19 heavy (non-hydrogen) atoms. The number of hydrogen-bond acceptors (Lipinski definition) is 4. The fourth-order valence-corrected chi connectivity index (χ4v) is 1.79. The van der Waals surface area contributed by atoms with Crippen LogP contribution in [0.3, 0.4) is 0 Å². The summed E-state index contributed by atoms with van der Waals surface area (Å²) in [7, 11) is 0. The van der Waals surface area contributed by atoms with Crippen LogP contribution in [0, 0.1) is 6.92 Å². The Labute approximate surface area is 112 Å². The molecule has 100 valence electrons. The average Bonchev–Trinajstić information content (AvgIpc) is 2.91. The minimum atomic E-state index is -0.129. The number of carbonyl (C=O) groups excluding carboxylic acids is 1. The molecule has 0 fully saturated rings. The van der Waals surface area contributed by atoms with Crippen molar-refractivity contribution in [1.29, 1.82) is 0 Å². The topological polar surface area (TPSA) is 67.2 Å². The summed E-state index contributed by atoms with van der Waals surface area (Å²) in [5.41, 5.74) is 2.52. The Bertz CT molecular complexity index is 550. The largest absolute Gasteiger partial charge is 0.385 e. The van der Waals surface area contributed by atoms with E-state index in [1.54, 1.807) is 12.3 Å². The molecular weight excluding hydrogens is 242 g/mol. The molecule has 2 aromatic rings. The molecule has 0 bridgehead atoms. The van der Waals surface area contributed by atoms with Crippen molar-refractivity contribution in [1.82, 2.24) is 10.5 Å². The van der Waals surface area contributed by atoms with Crippen molar-refractivity contribution < 1.29 is 9.32 Å². The van der Waals surface area contributed by atoms with Crippen LogP contribution in [0.4, 0.5) is 5.69 Å². The fraction of sp³-hybridized carbons (Fsp3) is 0.286. The lowest BCUT2D eigenvalue weighted by Crippen LogP contribution is -2.24. The molecule has 1 aromatic carbocycles. The zero-order valence-electron chi connectivity index (χ0n) is 11.1. The third kappa shape index (κ3) is 3.34. The molecule has 5 heteroatoms. The van der Waals surface area contributed by atoms with E-state index in [-0.39, 0.29) is 5.91 Å². The van der Waals surface area contributed by atoms with Crippen LogP contribution >= 0.6 is 0 Å². The van der Waals surface area contributed by atoms with E-state index < -0.39 is 0 Å². The highest BCUT2D eigenvalue weighted by molar-refractivity contribution is 5.99. The molecule has 5 nitrogen and oxygen atoms in total. The van der Waals surface area contributed by atoms with Gasteiger partial charge in [-0.1, -0.05) is 16.8 Å². The van der Waals surface area contributed by atoms with Crippen LogP contribution in [0.15, 0.2) is 35.0 Å². The molecule has 0 atom stereocenters. The van der Waals surface area contributed by atoms with Gasteiger partial charge < -0.3 is 15.2 Å². The second kappa shape index (κ2) is 6.04. The molecule has 0 radical (unpaired) electrons. The van der Waals surface area contributed by atoms with Crippen LogP contribution in [0.1, 0.15) is 28.6 Å². The highest BCUT2D eigenvalue weighted by Crippen LogP contribution is 2.17. The van der Waals surface area contributed by atoms with Crippen molar-refractivity contribution in [3.63, 3.8) is 0 Å². The van der Waals surface area contributed by atoms with Crippen molar-refractivity contribution in [2.24, 2.45) is 0 Å². The summed E-state index contributed by atoms with van der Waals surface area (Å²) in [5.74, 6) is 0.502. The van der Waals surface area contributed by atoms with Crippen molar-refractivity contribution in [3.05, 3.63) is 47.3 Å². The lowest BCUT2D eigenvalue weighted by atomic mass is 10.1. The smallest absolute Gasteiger partial charge is 0.253 e. The number of anilines is 1. The summed E-state index contributed by atoms with van der Waals surface area (Å²) in [4.78, 5) is 12.2. The van der Waals surface area contributed by atoms with E-state index in [0.29, 0.717) is 17.9 Å². The van der Waals surface area contributed by atoms with E-state index in [9.17, 15) is 4.79 Å². The predicted octanol–water partition coefficient (Wildman–Crippen LogP) is 2.34. The maximum Gasteiger partial charge on any atom is 0.253 e. The third-order valence-electron chi connectivity index (χ3n) is 2.70. The van der Waals surface area contributed by atoms with Crippen molar-refractivity contribution in [2.45, 2.75) is 20.4 Å². The molecule has 1 aromatic heterocycles. The van der Waals surface area contributed by atoms with Gasteiger partial charge in [0.05, 0.1) is 18.3 Å². The van der Waals surface area contributed by atoms with Gasteiger partial charge in [-0.15, -0.1) is 0 Å². The Balaban J connectivity index is 2.11. The van der Waals surface area contributed by atoms with Crippen LogP contribution in [-0.4, -0.2) is 17.6 Å². The van der Waals surface area contributed by atoms with Gasteiger partial charge in [-0.25, -0.2) is 0 Å². The zero-order chi connectivity index (χ0) is 13.7. The first kappa shape index (κ1) is 13.1. The number of rotatable bonds is 5. The fourth-order valence-electron chi connectivity index (χ4n) is 1.79. The van der Waals surface area contributed by atoms with Gasteiger partial charge in [0.25, 0.3) is 5.91 Å². The normalized spacial score (nSPS) is 10.2. The molecule has 1 amide bonds. The summed E-state index contributed by atoms with van der Waals surface area (Å²) in [6, 6.07) is 7.49. The predicted molar refractivity (Wildman–Crippen MR) is 73.0 cm³/mol. The Morgan fingerprint density at radius 2 is 2.21 bits per heavy atom. The van der Waals surface area contributed by atoms with E-state index in [1.165, 1.54) is 0 Å². The molecule has 0 spiro atoms. The van der Waals surface area contributed by atoms with Gasteiger partial charge in [-0.3, -0.25) is 4.79 Å². The summed E-state index contributed by atoms with van der Waals surface area (Å²) in [6.07, 6.45) is 1.55. The summed E-state index contributed by atoms with van der Waals surface area (Å²) in [5, 5.41) is 9.59. The monoisotopic (exact) mass is 259 g/mol. The zero-order valence-corrected chi connectivity index (χ0v) is 11.1.